The Labute approximate surface area is 158 Å². The lowest BCUT2D eigenvalue weighted by Gasteiger charge is -2.14. The summed E-state index contributed by atoms with van der Waals surface area (Å²) in [6.07, 6.45) is 2.51. The monoisotopic (exact) mass is 392 g/mol. The van der Waals surface area contributed by atoms with Crippen LogP contribution in [0.15, 0.2) is 30.7 Å². The van der Waals surface area contributed by atoms with Gasteiger partial charge in [0.25, 0.3) is 5.91 Å². The van der Waals surface area contributed by atoms with E-state index < -0.39 is 23.6 Å². The lowest BCUT2D eigenvalue weighted by molar-refractivity contribution is -0.123. The number of carbonyl (C=O) groups is 2. The number of amides is 2. The molecule has 2 fully saturated rings. The van der Waals surface area contributed by atoms with Crippen LogP contribution < -0.4 is 21.5 Å². The van der Waals surface area contributed by atoms with Crippen LogP contribution in [-0.4, -0.2) is 52.8 Å². The maximum absolute atomic E-state index is 13.3. The lowest BCUT2D eigenvalue weighted by atomic mass is 10.2. The van der Waals surface area contributed by atoms with E-state index in [2.05, 4.69) is 26.5 Å². The number of fused-ring (bicyclic) bond motifs is 1. The van der Waals surface area contributed by atoms with Gasteiger partial charge >= 0.3 is 0 Å². The minimum Gasteiger partial charge on any atom is -0.357 e. The van der Waals surface area contributed by atoms with Gasteiger partial charge in [0.05, 0.1) is 19.0 Å². The van der Waals surface area contributed by atoms with Gasteiger partial charge in [-0.15, -0.1) is 0 Å². The van der Waals surface area contributed by atoms with Crippen molar-refractivity contribution in [3.8, 4) is 0 Å². The zero-order valence-electron chi connectivity index (χ0n) is 14.6. The first-order valence-corrected chi connectivity index (χ1v) is 8.66. The highest BCUT2D eigenvalue weighted by Gasteiger charge is 2.36. The molecule has 2 aromatic rings. The van der Waals surface area contributed by atoms with E-state index >= 15 is 0 Å². The Hall–Kier alpha value is -2.89. The van der Waals surface area contributed by atoms with Crippen LogP contribution in [-0.2, 0) is 16.1 Å². The van der Waals surface area contributed by atoms with E-state index in [-0.39, 0.29) is 37.0 Å². The third-order valence-electron chi connectivity index (χ3n) is 4.54. The molecule has 0 bridgehead atoms. The van der Waals surface area contributed by atoms with Crippen molar-refractivity contribution in [2.45, 2.75) is 24.9 Å². The maximum atomic E-state index is 13.3. The van der Waals surface area contributed by atoms with Crippen LogP contribution in [0.3, 0.4) is 0 Å². The number of nitrogens with one attached hydrogen (secondary N) is 4. The van der Waals surface area contributed by atoms with Crippen molar-refractivity contribution in [3.05, 3.63) is 53.6 Å². The van der Waals surface area contributed by atoms with Crippen molar-refractivity contribution >= 4 is 11.8 Å². The molecule has 11 heteroatoms. The summed E-state index contributed by atoms with van der Waals surface area (Å²) < 4.78 is 33.5. The number of benzene rings is 1. The Kier molecular flexibility index (Phi) is 5.03. The van der Waals surface area contributed by atoms with Crippen molar-refractivity contribution in [2.24, 2.45) is 0 Å². The molecule has 4 rings (SSSR count). The Balaban J connectivity index is 1.38. The van der Waals surface area contributed by atoms with Crippen LogP contribution in [0.2, 0.25) is 0 Å². The van der Waals surface area contributed by atoms with Crippen LogP contribution in [0.1, 0.15) is 16.1 Å². The Morgan fingerprint density at radius 1 is 1.36 bits per heavy atom. The molecule has 4 N–H and O–H groups in total. The number of aromatic nitrogens is 2. The molecular weight excluding hydrogens is 374 g/mol. The second kappa shape index (κ2) is 7.62. The quantitative estimate of drug-likeness (QED) is 0.546. The molecule has 0 radical (unpaired) electrons. The van der Waals surface area contributed by atoms with Gasteiger partial charge in [-0.2, -0.15) is 0 Å². The Bertz CT molecular complexity index is 905. The summed E-state index contributed by atoms with van der Waals surface area (Å²) in [4.78, 5) is 28.7. The molecule has 148 valence electrons. The average Bonchev–Trinajstić information content (AvgIpc) is 3.28. The molecule has 2 saturated heterocycles. The van der Waals surface area contributed by atoms with Gasteiger partial charge in [0.1, 0.15) is 18.0 Å². The van der Waals surface area contributed by atoms with E-state index in [4.69, 9.17) is 4.74 Å². The first-order chi connectivity index (χ1) is 13.5. The third-order valence-corrected chi connectivity index (χ3v) is 4.54. The maximum Gasteiger partial charge on any atom is 0.272 e. The summed E-state index contributed by atoms with van der Waals surface area (Å²) in [6, 6.07) is 2.51. The number of hydrogen-bond acceptors (Lipinski definition) is 6. The van der Waals surface area contributed by atoms with Crippen LogP contribution >= 0.6 is 0 Å². The number of hydrogen-bond donors (Lipinski definition) is 4. The number of imidazole rings is 1. The van der Waals surface area contributed by atoms with Gasteiger partial charge in [-0.05, 0) is 17.7 Å². The van der Waals surface area contributed by atoms with E-state index in [0.717, 1.165) is 12.1 Å². The largest absolute Gasteiger partial charge is 0.357 e. The minimum absolute atomic E-state index is 0.0169. The fraction of sp³-hybridized carbons (Fsp3) is 0.353. The topological polar surface area (TPSA) is 109 Å². The Morgan fingerprint density at radius 2 is 2.21 bits per heavy atom. The third kappa shape index (κ3) is 3.86. The fourth-order valence-corrected chi connectivity index (χ4v) is 3.07. The van der Waals surface area contributed by atoms with E-state index in [1.807, 2.05) is 0 Å². The molecule has 2 aliphatic rings. The number of halogens is 2. The van der Waals surface area contributed by atoms with E-state index in [1.165, 1.54) is 18.6 Å². The highest BCUT2D eigenvalue weighted by molar-refractivity contribution is 5.96. The molecule has 1 aromatic carbocycles. The average molecular weight is 392 g/mol. The van der Waals surface area contributed by atoms with E-state index in [1.54, 1.807) is 4.57 Å². The highest BCUT2D eigenvalue weighted by atomic mass is 19.2. The number of hydrazine groups is 1. The van der Waals surface area contributed by atoms with Crippen molar-refractivity contribution in [1.82, 2.24) is 31.0 Å². The Morgan fingerprint density at radius 3 is 3.04 bits per heavy atom. The van der Waals surface area contributed by atoms with Gasteiger partial charge in [-0.25, -0.2) is 19.2 Å². The molecule has 3 heterocycles. The van der Waals surface area contributed by atoms with Gasteiger partial charge < -0.3 is 19.9 Å². The van der Waals surface area contributed by atoms with Gasteiger partial charge in [-0.3, -0.25) is 15.0 Å². The molecule has 0 spiro atoms. The van der Waals surface area contributed by atoms with E-state index in [9.17, 15) is 18.4 Å². The summed E-state index contributed by atoms with van der Waals surface area (Å²) >= 11 is 0. The summed E-state index contributed by atoms with van der Waals surface area (Å²) in [5.41, 5.74) is 6.40. The number of ether oxygens (including phenoxy) is 1. The number of nitrogens with zero attached hydrogens (tertiary/aromatic N) is 2. The van der Waals surface area contributed by atoms with Crippen molar-refractivity contribution in [2.75, 3.05) is 13.2 Å². The minimum atomic E-state index is -0.940. The molecule has 1 aromatic heterocycles. The molecule has 2 aliphatic heterocycles. The smallest absolute Gasteiger partial charge is 0.272 e. The second-order valence-corrected chi connectivity index (χ2v) is 6.60. The zero-order chi connectivity index (χ0) is 19.7. The second-order valence-electron chi connectivity index (χ2n) is 6.60. The van der Waals surface area contributed by atoms with Gasteiger partial charge in [0.15, 0.2) is 11.6 Å². The predicted octanol–water partition coefficient (Wildman–Crippen LogP) is -0.743. The number of carbonyl (C=O) groups excluding carboxylic acids is 2. The van der Waals surface area contributed by atoms with E-state index in [0.29, 0.717) is 12.1 Å². The lowest BCUT2D eigenvalue weighted by Crippen LogP contribution is -2.50. The van der Waals surface area contributed by atoms with Crippen molar-refractivity contribution in [1.29, 1.82) is 0 Å². The molecule has 3 atom stereocenters. The predicted molar refractivity (Wildman–Crippen MR) is 91.8 cm³/mol. The standard InChI is InChI=1S/C17H18F2N6O3/c18-10-2-1-9(3-11(10)19)5-25-6-13(20-8-25)15(26)23-14-7-28-17-12(4-21-24-17)22-16(14)27/h1-3,6,8,12,14,17,21,24H,4-5,7H2,(H,22,27)(H,23,26)/t12?,14-,17?/m0/s1. The van der Waals surface area contributed by atoms with Crippen LogP contribution in [0.4, 0.5) is 8.78 Å². The molecular formula is C17H18F2N6O3. The van der Waals surface area contributed by atoms with Gasteiger partial charge in [0.2, 0.25) is 5.91 Å². The zero-order valence-corrected chi connectivity index (χ0v) is 14.6. The van der Waals surface area contributed by atoms with Crippen molar-refractivity contribution in [3.63, 3.8) is 0 Å². The summed E-state index contributed by atoms with van der Waals surface area (Å²) in [5, 5.41) is 5.40. The first-order valence-electron chi connectivity index (χ1n) is 8.66. The summed E-state index contributed by atoms with van der Waals surface area (Å²) in [6.45, 7) is 0.751. The fourth-order valence-electron chi connectivity index (χ4n) is 3.07. The molecule has 9 nitrogen and oxygen atoms in total. The summed E-state index contributed by atoms with van der Waals surface area (Å²) in [5.74, 6) is -2.74. The van der Waals surface area contributed by atoms with Crippen LogP contribution in [0, 0.1) is 11.6 Å². The molecule has 0 aliphatic carbocycles. The van der Waals surface area contributed by atoms with Gasteiger partial charge in [-0.1, -0.05) is 6.07 Å². The summed E-state index contributed by atoms with van der Waals surface area (Å²) in [7, 11) is 0. The van der Waals surface area contributed by atoms with Crippen LogP contribution in [0.5, 0.6) is 0 Å². The molecule has 2 amide bonds. The molecule has 28 heavy (non-hydrogen) atoms. The van der Waals surface area contributed by atoms with Gasteiger partial charge in [0, 0.05) is 19.3 Å². The molecule has 0 saturated carbocycles. The highest BCUT2D eigenvalue weighted by Crippen LogP contribution is 2.11. The normalized spacial score (nSPS) is 24.4. The van der Waals surface area contributed by atoms with Crippen LogP contribution in [0.25, 0.3) is 0 Å². The number of rotatable bonds is 4. The van der Waals surface area contributed by atoms with Crippen molar-refractivity contribution < 1.29 is 23.1 Å². The SMILES string of the molecule is O=C(N[C@H]1COC2NNCC2NC1=O)c1cn(Cc2ccc(F)c(F)c2)cn1. The molecule has 2 unspecified atom stereocenters. The first kappa shape index (κ1) is 18.5.